The predicted molar refractivity (Wildman–Crippen MR) is 81.8 cm³/mol. The lowest BCUT2D eigenvalue weighted by Crippen LogP contribution is -2.57. The number of nitrogens with one attached hydrogen (secondary N) is 2. The Bertz CT molecular complexity index is 509. The summed E-state index contributed by atoms with van der Waals surface area (Å²) in [5.41, 5.74) is 0.890. The lowest BCUT2D eigenvalue weighted by atomic mass is 10.2. The highest BCUT2D eigenvalue weighted by Crippen LogP contribution is 2.24. The minimum Gasteiger partial charge on any atom is -0.349 e. The number of carbonyl (C=O) groups excluding carboxylic acids is 1. The second-order valence-corrected chi connectivity index (χ2v) is 5.35. The molecule has 1 atom stereocenters. The molecule has 0 aromatic carbocycles. The first kappa shape index (κ1) is 19.7. The molecule has 23 heavy (non-hydrogen) atoms. The van der Waals surface area contributed by atoms with Crippen molar-refractivity contribution in [2.45, 2.75) is 19.1 Å². The summed E-state index contributed by atoms with van der Waals surface area (Å²) in [5.74, 6) is -0.590. The van der Waals surface area contributed by atoms with E-state index in [1.165, 1.54) is 9.58 Å². The van der Waals surface area contributed by atoms with Gasteiger partial charge in [-0.3, -0.25) is 14.4 Å². The minimum atomic E-state index is -4.38. The molecule has 1 aromatic rings. The maximum Gasteiger partial charge on any atom is 0.405 e. The monoisotopic (exact) mass is 355 g/mol. The molecule has 10 heteroatoms. The molecule has 1 amide bonds. The van der Waals surface area contributed by atoms with E-state index in [0.29, 0.717) is 26.2 Å². The molecule has 6 nitrogen and oxygen atoms in total. The molecule has 0 aliphatic carbocycles. The number of aromatic nitrogens is 2. The van der Waals surface area contributed by atoms with Gasteiger partial charge in [-0.1, -0.05) is 0 Å². The van der Waals surface area contributed by atoms with Crippen molar-refractivity contribution < 1.29 is 18.0 Å². The Kier molecular flexibility index (Phi) is 6.84. The van der Waals surface area contributed by atoms with Gasteiger partial charge in [-0.05, 0) is 13.0 Å². The molecule has 0 bridgehead atoms. The number of halogens is 4. The number of nitrogens with zero attached hydrogens (tertiary/aromatic N) is 3. The fourth-order valence-corrected chi connectivity index (χ4v) is 2.40. The van der Waals surface area contributed by atoms with E-state index in [2.05, 4.69) is 15.7 Å². The normalized spacial score (nSPS) is 17.4. The van der Waals surface area contributed by atoms with Crippen LogP contribution in [0.25, 0.3) is 0 Å². The van der Waals surface area contributed by atoms with Crippen molar-refractivity contribution in [2.75, 3.05) is 32.7 Å². The number of hydrogen-bond donors (Lipinski definition) is 2. The SMILES string of the molecule is Cc1cc(C(=O)NCC(N2CCNCC2)C(F)(F)F)nn1C.Cl. The van der Waals surface area contributed by atoms with Crippen LogP contribution in [0.5, 0.6) is 0 Å². The highest BCUT2D eigenvalue weighted by atomic mass is 35.5. The van der Waals surface area contributed by atoms with Gasteiger partial charge in [0, 0.05) is 45.5 Å². The van der Waals surface area contributed by atoms with E-state index in [0.717, 1.165) is 5.69 Å². The van der Waals surface area contributed by atoms with Crippen molar-refractivity contribution in [1.29, 1.82) is 0 Å². The van der Waals surface area contributed by atoms with Gasteiger partial charge in [-0.25, -0.2) is 0 Å². The number of carbonyl (C=O) groups is 1. The van der Waals surface area contributed by atoms with Crippen LogP contribution in [0.15, 0.2) is 6.07 Å². The van der Waals surface area contributed by atoms with Gasteiger partial charge in [0.1, 0.15) is 11.7 Å². The van der Waals surface area contributed by atoms with E-state index in [1.807, 2.05) is 0 Å². The third kappa shape index (κ3) is 5.08. The molecule has 0 radical (unpaired) electrons. The van der Waals surface area contributed by atoms with Crippen LogP contribution in [0, 0.1) is 6.92 Å². The maximum absolute atomic E-state index is 13.2. The Morgan fingerprint density at radius 1 is 1.43 bits per heavy atom. The van der Waals surface area contributed by atoms with Gasteiger partial charge in [-0.2, -0.15) is 18.3 Å². The van der Waals surface area contributed by atoms with Gasteiger partial charge < -0.3 is 10.6 Å². The topological polar surface area (TPSA) is 62.2 Å². The van der Waals surface area contributed by atoms with E-state index in [4.69, 9.17) is 0 Å². The molecule has 2 N–H and O–H groups in total. The van der Waals surface area contributed by atoms with Crippen LogP contribution >= 0.6 is 12.4 Å². The number of amides is 1. The molecule has 1 aliphatic heterocycles. The summed E-state index contributed by atoms with van der Waals surface area (Å²) in [4.78, 5) is 13.3. The van der Waals surface area contributed by atoms with Crippen molar-refractivity contribution in [3.63, 3.8) is 0 Å². The summed E-state index contributed by atoms with van der Waals surface area (Å²) in [6.07, 6.45) is -4.38. The number of hydrogen-bond acceptors (Lipinski definition) is 4. The molecule has 1 fully saturated rings. The molecular formula is C13H21ClF3N5O. The molecule has 132 valence electrons. The third-order valence-corrected chi connectivity index (χ3v) is 3.77. The lowest BCUT2D eigenvalue weighted by Gasteiger charge is -2.35. The van der Waals surface area contributed by atoms with Crippen molar-refractivity contribution in [3.8, 4) is 0 Å². The Labute approximate surface area is 138 Å². The fourth-order valence-electron chi connectivity index (χ4n) is 2.40. The van der Waals surface area contributed by atoms with Crippen LogP contribution in [0.1, 0.15) is 16.2 Å². The second kappa shape index (κ2) is 7.98. The smallest absolute Gasteiger partial charge is 0.349 e. The highest BCUT2D eigenvalue weighted by molar-refractivity contribution is 5.92. The average molecular weight is 356 g/mol. The van der Waals surface area contributed by atoms with Crippen LogP contribution < -0.4 is 10.6 Å². The fraction of sp³-hybridized carbons (Fsp3) is 0.692. The van der Waals surface area contributed by atoms with Gasteiger partial charge in [0.2, 0.25) is 0 Å². The predicted octanol–water partition coefficient (Wildman–Crippen LogP) is 0.716. The summed E-state index contributed by atoms with van der Waals surface area (Å²) in [5, 5.41) is 9.32. The summed E-state index contributed by atoms with van der Waals surface area (Å²) in [6, 6.07) is -0.133. The zero-order valence-corrected chi connectivity index (χ0v) is 13.8. The molecule has 1 aromatic heterocycles. The van der Waals surface area contributed by atoms with Crippen LogP contribution in [0.3, 0.4) is 0 Å². The van der Waals surface area contributed by atoms with Crippen molar-refractivity contribution >= 4 is 18.3 Å². The van der Waals surface area contributed by atoms with Crippen LogP contribution in [0.4, 0.5) is 13.2 Å². The molecule has 2 rings (SSSR count). The van der Waals surface area contributed by atoms with Gasteiger partial charge in [0.25, 0.3) is 5.91 Å². The Morgan fingerprint density at radius 2 is 2.04 bits per heavy atom. The largest absolute Gasteiger partial charge is 0.405 e. The number of aryl methyl sites for hydroxylation is 2. The quantitative estimate of drug-likeness (QED) is 0.835. The molecular weight excluding hydrogens is 335 g/mol. The zero-order valence-electron chi connectivity index (χ0n) is 13.0. The van der Waals surface area contributed by atoms with Crippen molar-refractivity contribution in [3.05, 3.63) is 17.5 Å². The van der Waals surface area contributed by atoms with Gasteiger partial charge in [0.15, 0.2) is 0 Å². The standard InChI is InChI=1S/C13H20F3N5O.ClH/c1-9-7-10(19-20(9)2)12(22)18-8-11(13(14,15)16)21-5-3-17-4-6-21;/h7,11,17H,3-6,8H2,1-2H3,(H,18,22);1H. The van der Waals surface area contributed by atoms with Crippen LogP contribution in [0.2, 0.25) is 0 Å². The molecule has 0 spiro atoms. The van der Waals surface area contributed by atoms with E-state index in [-0.39, 0.29) is 18.1 Å². The molecule has 0 saturated carbocycles. The number of alkyl halides is 3. The number of piperazine rings is 1. The van der Waals surface area contributed by atoms with Crippen LogP contribution in [-0.2, 0) is 7.05 Å². The molecule has 1 saturated heterocycles. The highest BCUT2D eigenvalue weighted by Gasteiger charge is 2.43. The van der Waals surface area contributed by atoms with Gasteiger partial charge >= 0.3 is 6.18 Å². The van der Waals surface area contributed by atoms with Crippen molar-refractivity contribution in [2.24, 2.45) is 7.05 Å². The van der Waals surface area contributed by atoms with Crippen molar-refractivity contribution in [1.82, 2.24) is 25.3 Å². The Morgan fingerprint density at radius 3 is 2.52 bits per heavy atom. The van der Waals surface area contributed by atoms with E-state index < -0.39 is 24.7 Å². The van der Waals surface area contributed by atoms with E-state index in [1.54, 1.807) is 20.0 Å². The number of rotatable bonds is 4. The molecule has 1 unspecified atom stereocenters. The minimum absolute atomic E-state index is 0. The van der Waals surface area contributed by atoms with E-state index in [9.17, 15) is 18.0 Å². The van der Waals surface area contributed by atoms with Crippen LogP contribution in [-0.4, -0.2) is 65.5 Å². The third-order valence-electron chi connectivity index (χ3n) is 3.77. The Hall–Kier alpha value is -1.32. The summed E-state index contributed by atoms with van der Waals surface area (Å²) in [7, 11) is 1.67. The molecule has 1 aliphatic rings. The second-order valence-electron chi connectivity index (χ2n) is 5.35. The Balaban J connectivity index is 0.00000264. The van der Waals surface area contributed by atoms with E-state index >= 15 is 0 Å². The first-order chi connectivity index (χ1) is 10.3. The maximum atomic E-state index is 13.2. The zero-order chi connectivity index (χ0) is 16.3. The average Bonchev–Trinajstić information content (AvgIpc) is 2.78. The summed E-state index contributed by atoms with van der Waals surface area (Å²) in [6.45, 7) is 2.94. The first-order valence-corrected chi connectivity index (χ1v) is 7.09. The first-order valence-electron chi connectivity index (χ1n) is 7.09. The lowest BCUT2D eigenvalue weighted by molar-refractivity contribution is -0.183. The summed E-state index contributed by atoms with van der Waals surface area (Å²) >= 11 is 0. The van der Waals surface area contributed by atoms with Gasteiger partial charge in [-0.15, -0.1) is 12.4 Å². The summed E-state index contributed by atoms with van der Waals surface area (Å²) < 4.78 is 41.1. The molecule has 2 heterocycles. The van der Waals surface area contributed by atoms with Gasteiger partial charge in [0.05, 0.1) is 0 Å².